The maximum absolute atomic E-state index is 13.3. The van der Waals surface area contributed by atoms with E-state index in [1.54, 1.807) is 6.92 Å². The number of nitrogens with zero attached hydrogens (tertiary/aromatic N) is 1. The lowest BCUT2D eigenvalue weighted by Crippen LogP contribution is -2.47. The molecule has 2 heterocycles. The first kappa shape index (κ1) is 15.2. The van der Waals surface area contributed by atoms with E-state index in [1.165, 1.54) is 40.9 Å². The first-order valence-corrected chi connectivity index (χ1v) is 8.51. The quantitative estimate of drug-likeness (QED) is 0.864. The molecule has 0 aromatic heterocycles. The summed E-state index contributed by atoms with van der Waals surface area (Å²) in [4.78, 5) is 26.1. The van der Waals surface area contributed by atoms with Crippen molar-refractivity contribution >= 4 is 35.0 Å². The van der Waals surface area contributed by atoms with Gasteiger partial charge in [-0.05, 0) is 44.2 Å². The molecule has 2 aliphatic rings. The molecule has 0 saturated carbocycles. The zero-order chi connectivity index (χ0) is 17.1. The summed E-state index contributed by atoms with van der Waals surface area (Å²) in [7, 11) is 0. The molecule has 0 radical (unpaired) electrons. The number of benzene rings is 2. The first-order valence-electron chi connectivity index (χ1n) is 7.63. The monoisotopic (exact) mass is 342 g/mol. The Balaban J connectivity index is 1.95. The molecule has 1 spiro atoms. The molecule has 0 aliphatic carbocycles. The lowest BCUT2D eigenvalue weighted by Gasteiger charge is -2.32. The Hall–Kier alpha value is -2.34. The fourth-order valence-corrected chi connectivity index (χ4v) is 4.78. The molecule has 2 amide bonds. The second-order valence-corrected chi connectivity index (χ2v) is 7.59. The molecule has 24 heavy (non-hydrogen) atoms. The van der Waals surface area contributed by atoms with Crippen LogP contribution in [0.15, 0.2) is 42.5 Å². The van der Waals surface area contributed by atoms with Gasteiger partial charge in [0.15, 0.2) is 0 Å². The standard InChI is InChI=1S/C18H15FN2O2S/c1-10-3-8-15-14(9-10)18(17(23)20-15)21(16(22)11(2)24-18)13-6-4-12(19)5-7-13/h3-9,11H,1-2H3,(H,20,23)/t11-,18-/m1/s1. The van der Waals surface area contributed by atoms with Crippen molar-refractivity contribution in [2.24, 2.45) is 0 Å². The molecule has 1 saturated heterocycles. The van der Waals surface area contributed by atoms with Gasteiger partial charge in [0.05, 0.1) is 5.25 Å². The topological polar surface area (TPSA) is 49.4 Å². The zero-order valence-electron chi connectivity index (χ0n) is 13.2. The van der Waals surface area contributed by atoms with Gasteiger partial charge in [-0.25, -0.2) is 4.39 Å². The number of amides is 2. The van der Waals surface area contributed by atoms with Gasteiger partial charge in [-0.3, -0.25) is 14.5 Å². The van der Waals surface area contributed by atoms with Crippen LogP contribution in [0, 0.1) is 12.7 Å². The number of aryl methyl sites for hydroxylation is 1. The number of nitrogens with one attached hydrogen (secondary N) is 1. The van der Waals surface area contributed by atoms with Gasteiger partial charge < -0.3 is 5.32 Å². The molecule has 0 bridgehead atoms. The summed E-state index contributed by atoms with van der Waals surface area (Å²) >= 11 is 1.32. The van der Waals surface area contributed by atoms with Gasteiger partial charge in [-0.2, -0.15) is 0 Å². The first-order chi connectivity index (χ1) is 11.4. The van der Waals surface area contributed by atoms with Gasteiger partial charge in [0.25, 0.3) is 5.91 Å². The highest BCUT2D eigenvalue weighted by Crippen LogP contribution is 2.56. The predicted molar refractivity (Wildman–Crippen MR) is 92.4 cm³/mol. The normalized spacial score (nSPS) is 25.3. The number of carbonyl (C=O) groups is 2. The van der Waals surface area contributed by atoms with Crippen molar-refractivity contribution in [3.8, 4) is 0 Å². The van der Waals surface area contributed by atoms with Crippen LogP contribution in [0.5, 0.6) is 0 Å². The van der Waals surface area contributed by atoms with Gasteiger partial charge in [-0.15, -0.1) is 11.8 Å². The lowest BCUT2D eigenvalue weighted by molar-refractivity contribution is -0.122. The summed E-state index contributed by atoms with van der Waals surface area (Å²) in [6.45, 7) is 3.74. The number of anilines is 2. The molecule has 4 nitrogen and oxygen atoms in total. The van der Waals surface area contributed by atoms with Crippen LogP contribution in [-0.4, -0.2) is 17.1 Å². The minimum absolute atomic E-state index is 0.156. The molecule has 1 fully saturated rings. The van der Waals surface area contributed by atoms with Gasteiger partial charge in [0.2, 0.25) is 10.8 Å². The van der Waals surface area contributed by atoms with Gasteiger partial charge in [0.1, 0.15) is 5.82 Å². The molecule has 4 rings (SSSR count). The Kier molecular flexibility index (Phi) is 3.22. The van der Waals surface area contributed by atoms with Gasteiger partial charge in [-0.1, -0.05) is 17.7 Å². The fourth-order valence-electron chi connectivity index (χ4n) is 3.31. The van der Waals surface area contributed by atoms with E-state index in [9.17, 15) is 14.0 Å². The van der Waals surface area contributed by atoms with Crippen molar-refractivity contribution in [1.29, 1.82) is 0 Å². The summed E-state index contributed by atoms with van der Waals surface area (Å²) in [6, 6.07) is 11.4. The van der Waals surface area contributed by atoms with Crippen LogP contribution in [-0.2, 0) is 14.5 Å². The Morgan fingerprint density at radius 3 is 2.58 bits per heavy atom. The Morgan fingerprint density at radius 1 is 1.17 bits per heavy atom. The Labute approximate surface area is 143 Å². The van der Waals surface area contributed by atoms with E-state index in [0.29, 0.717) is 11.4 Å². The fraction of sp³-hybridized carbons (Fsp3) is 0.222. The van der Waals surface area contributed by atoms with Crippen molar-refractivity contribution in [2.75, 3.05) is 10.2 Å². The van der Waals surface area contributed by atoms with E-state index in [1.807, 2.05) is 25.1 Å². The van der Waals surface area contributed by atoms with Crippen LogP contribution in [0.1, 0.15) is 18.1 Å². The predicted octanol–water partition coefficient (Wildman–Crippen LogP) is 3.41. The van der Waals surface area contributed by atoms with E-state index in [4.69, 9.17) is 0 Å². The van der Waals surface area contributed by atoms with Crippen LogP contribution in [0.4, 0.5) is 15.8 Å². The molecule has 0 unspecified atom stereocenters. The molecule has 2 atom stereocenters. The Bertz CT molecular complexity index is 868. The third-order valence-electron chi connectivity index (χ3n) is 4.41. The minimum atomic E-state index is -1.14. The van der Waals surface area contributed by atoms with Crippen LogP contribution < -0.4 is 10.2 Å². The van der Waals surface area contributed by atoms with E-state index < -0.39 is 4.87 Å². The SMILES string of the molecule is Cc1ccc2c(c1)[C@@]1(S[C@H](C)C(=O)N1c1ccc(F)cc1)C(=O)N2. The number of hydrogen-bond acceptors (Lipinski definition) is 3. The molecule has 2 aliphatic heterocycles. The highest BCUT2D eigenvalue weighted by molar-refractivity contribution is 8.03. The zero-order valence-corrected chi connectivity index (χ0v) is 14.0. The van der Waals surface area contributed by atoms with Crippen molar-refractivity contribution in [3.63, 3.8) is 0 Å². The highest BCUT2D eigenvalue weighted by Gasteiger charge is 2.60. The average Bonchev–Trinajstić information content (AvgIpc) is 2.97. The molecule has 2 aromatic carbocycles. The second kappa shape index (κ2) is 5.08. The van der Waals surface area contributed by atoms with Crippen LogP contribution in [0.2, 0.25) is 0 Å². The van der Waals surface area contributed by atoms with Gasteiger partial charge in [0, 0.05) is 16.9 Å². The molecule has 2 aromatic rings. The van der Waals surface area contributed by atoms with E-state index in [2.05, 4.69) is 5.32 Å². The molecule has 6 heteroatoms. The summed E-state index contributed by atoms with van der Waals surface area (Å²) in [5, 5.41) is 2.51. The molecule has 1 N–H and O–H groups in total. The van der Waals surface area contributed by atoms with Crippen LogP contribution in [0.3, 0.4) is 0 Å². The third kappa shape index (κ3) is 1.92. The smallest absolute Gasteiger partial charge is 0.266 e. The Morgan fingerprint density at radius 2 is 1.88 bits per heavy atom. The lowest BCUT2D eigenvalue weighted by atomic mass is 10.0. The number of rotatable bonds is 1. The number of carbonyl (C=O) groups excluding carboxylic acids is 2. The van der Waals surface area contributed by atoms with E-state index >= 15 is 0 Å². The van der Waals surface area contributed by atoms with Crippen molar-refractivity contribution in [3.05, 3.63) is 59.4 Å². The third-order valence-corrected chi connectivity index (χ3v) is 5.90. The molecule has 122 valence electrons. The number of halogens is 1. The minimum Gasteiger partial charge on any atom is -0.323 e. The number of fused-ring (bicyclic) bond motifs is 2. The molecular weight excluding hydrogens is 327 g/mol. The summed E-state index contributed by atoms with van der Waals surface area (Å²) in [5.74, 6) is -0.779. The highest BCUT2D eigenvalue weighted by atomic mass is 32.2. The van der Waals surface area contributed by atoms with E-state index in [-0.39, 0.29) is 22.9 Å². The van der Waals surface area contributed by atoms with Crippen molar-refractivity contribution in [2.45, 2.75) is 24.0 Å². The van der Waals surface area contributed by atoms with Crippen molar-refractivity contribution < 1.29 is 14.0 Å². The van der Waals surface area contributed by atoms with Crippen molar-refractivity contribution in [1.82, 2.24) is 0 Å². The maximum Gasteiger partial charge on any atom is 0.266 e. The average molecular weight is 342 g/mol. The summed E-state index contributed by atoms with van der Waals surface area (Å²) in [5.41, 5.74) is 3.02. The summed E-state index contributed by atoms with van der Waals surface area (Å²) in [6.07, 6.45) is 0. The molecular formula is C18H15FN2O2S. The number of thioether (sulfide) groups is 1. The van der Waals surface area contributed by atoms with Crippen LogP contribution >= 0.6 is 11.8 Å². The second-order valence-electron chi connectivity index (χ2n) is 6.06. The maximum atomic E-state index is 13.3. The summed E-state index contributed by atoms with van der Waals surface area (Å²) < 4.78 is 13.3. The van der Waals surface area contributed by atoms with E-state index in [0.717, 1.165) is 11.1 Å². The number of hydrogen-bond donors (Lipinski definition) is 1. The van der Waals surface area contributed by atoms with Crippen LogP contribution in [0.25, 0.3) is 0 Å². The largest absolute Gasteiger partial charge is 0.323 e. The van der Waals surface area contributed by atoms with Gasteiger partial charge >= 0.3 is 0 Å².